The van der Waals surface area contributed by atoms with Crippen molar-refractivity contribution in [1.29, 1.82) is 0 Å². The minimum absolute atomic E-state index is 0.328. The fourth-order valence-corrected chi connectivity index (χ4v) is 4.87. The summed E-state index contributed by atoms with van der Waals surface area (Å²) in [4.78, 5) is 17.6. The second-order valence-corrected chi connectivity index (χ2v) is 8.31. The van der Waals surface area contributed by atoms with Crippen molar-refractivity contribution in [2.45, 2.75) is 33.3 Å². The SMILES string of the molecule is CCN(CC)c1ccc(C2(c3ccc(N(CC)CC)cc3)OC(=O)c3ccc(N)cc32)cc1. The van der Waals surface area contributed by atoms with Crippen LogP contribution in [0, 0.1) is 0 Å². The fourth-order valence-electron chi connectivity index (χ4n) is 4.87. The second-order valence-electron chi connectivity index (χ2n) is 8.31. The number of carbonyl (C=O) groups is 1. The van der Waals surface area contributed by atoms with Gasteiger partial charge in [-0.2, -0.15) is 0 Å². The topological polar surface area (TPSA) is 58.8 Å². The number of nitrogens with zero attached hydrogens (tertiary/aromatic N) is 2. The number of cyclic esters (lactones) is 1. The van der Waals surface area contributed by atoms with E-state index in [0.717, 1.165) is 54.2 Å². The molecule has 0 radical (unpaired) electrons. The Kier molecular flexibility index (Phi) is 6.32. The van der Waals surface area contributed by atoms with Crippen molar-refractivity contribution in [3.63, 3.8) is 0 Å². The number of hydrogen-bond acceptors (Lipinski definition) is 5. The predicted octanol–water partition coefficient (Wildman–Crippen LogP) is 5.42. The van der Waals surface area contributed by atoms with Crippen molar-refractivity contribution in [3.8, 4) is 0 Å². The van der Waals surface area contributed by atoms with Crippen molar-refractivity contribution in [1.82, 2.24) is 0 Å². The van der Waals surface area contributed by atoms with Gasteiger partial charge in [0.1, 0.15) is 0 Å². The van der Waals surface area contributed by atoms with Gasteiger partial charge in [0, 0.05) is 59.9 Å². The van der Waals surface area contributed by atoms with E-state index in [-0.39, 0.29) is 5.97 Å². The van der Waals surface area contributed by atoms with Gasteiger partial charge in [0.15, 0.2) is 5.60 Å². The summed E-state index contributed by atoms with van der Waals surface area (Å²) >= 11 is 0. The quantitative estimate of drug-likeness (QED) is 0.372. The first-order valence-corrected chi connectivity index (χ1v) is 11.8. The van der Waals surface area contributed by atoms with Crippen LogP contribution in [0.25, 0.3) is 0 Å². The van der Waals surface area contributed by atoms with E-state index >= 15 is 0 Å². The van der Waals surface area contributed by atoms with Crippen LogP contribution in [0.2, 0.25) is 0 Å². The number of benzene rings is 3. The molecule has 5 nitrogen and oxygen atoms in total. The van der Waals surface area contributed by atoms with Crippen LogP contribution >= 0.6 is 0 Å². The molecule has 0 aliphatic carbocycles. The summed E-state index contributed by atoms with van der Waals surface area (Å²) in [6, 6.07) is 22.1. The third-order valence-corrected chi connectivity index (χ3v) is 6.69. The molecule has 0 unspecified atom stereocenters. The van der Waals surface area contributed by atoms with Crippen LogP contribution in [-0.4, -0.2) is 32.1 Å². The zero-order valence-corrected chi connectivity index (χ0v) is 20.0. The molecule has 4 rings (SSSR count). The highest BCUT2D eigenvalue weighted by Crippen LogP contribution is 2.48. The molecule has 0 spiro atoms. The zero-order valence-electron chi connectivity index (χ0n) is 20.0. The largest absolute Gasteiger partial charge is 0.441 e. The molecule has 0 saturated carbocycles. The van der Waals surface area contributed by atoms with Crippen LogP contribution in [0.5, 0.6) is 0 Å². The summed E-state index contributed by atoms with van der Waals surface area (Å²) in [7, 11) is 0. The molecule has 172 valence electrons. The van der Waals surface area contributed by atoms with E-state index in [1.807, 2.05) is 6.07 Å². The van der Waals surface area contributed by atoms with Crippen LogP contribution in [0.4, 0.5) is 17.1 Å². The first-order valence-electron chi connectivity index (χ1n) is 11.8. The van der Waals surface area contributed by atoms with Crippen LogP contribution in [-0.2, 0) is 10.3 Å². The maximum atomic E-state index is 13.0. The Morgan fingerprint density at radius 3 is 1.61 bits per heavy atom. The predicted molar refractivity (Wildman–Crippen MR) is 136 cm³/mol. The Hall–Kier alpha value is -3.47. The summed E-state index contributed by atoms with van der Waals surface area (Å²) in [5, 5.41) is 0. The Morgan fingerprint density at radius 2 is 1.18 bits per heavy atom. The molecule has 2 N–H and O–H groups in total. The van der Waals surface area contributed by atoms with Crippen LogP contribution in [0.15, 0.2) is 66.7 Å². The van der Waals surface area contributed by atoms with Crippen molar-refractivity contribution in [2.24, 2.45) is 0 Å². The molecule has 0 amide bonds. The van der Waals surface area contributed by atoms with Crippen LogP contribution in [0.1, 0.15) is 54.7 Å². The molecule has 33 heavy (non-hydrogen) atoms. The van der Waals surface area contributed by atoms with Gasteiger partial charge in [0.25, 0.3) is 0 Å². The lowest BCUT2D eigenvalue weighted by Crippen LogP contribution is -2.30. The Bertz CT molecular complexity index is 1060. The number of carbonyl (C=O) groups excluding carboxylic acids is 1. The minimum atomic E-state index is -1.04. The lowest BCUT2D eigenvalue weighted by molar-refractivity contribution is 0.0251. The molecule has 3 aromatic rings. The molecular weight excluding hydrogens is 410 g/mol. The van der Waals surface area contributed by atoms with E-state index in [1.165, 1.54) is 0 Å². The first kappa shape index (κ1) is 22.7. The molecule has 0 saturated heterocycles. The van der Waals surface area contributed by atoms with E-state index in [9.17, 15) is 4.79 Å². The first-order chi connectivity index (χ1) is 16.0. The lowest BCUT2D eigenvalue weighted by Gasteiger charge is -2.32. The third-order valence-electron chi connectivity index (χ3n) is 6.69. The van der Waals surface area contributed by atoms with Crippen molar-refractivity contribution < 1.29 is 9.53 Å². The Balaban J connectivity index is 1.89. The molecule has 3 aromatic carbocycles. The molecule has 0 bridgehead atoms. The van der Waals surface area contributed by atoms with Gasteiger partial charge in [-0.3, -0.25) is 0 Å². The van der Waals surface area contributed by atoms with Gasteiger partial charge in [-0.05, 0) is 70.2 Å². The van der Waals surface area contributed by atoms with Gasteiger partial charge >= 0.3 is 5.97 Å². The standard InChI is InChI=1S/C28H33N3O2/c1-5-30(6-2)23-14-9-20(10-15-23)28(21-11-16-24(17-12-21)31(7-3)8-4)26-19-22(29)13-18-25(26)27(32)33-28/h9-19H,5-8,29H2,1-4H3. The highest BCUT2D eigenvalue weighted by molar-refractivity contribution is 5.97. The molecule has 1 heterocycles. The normalized spacial score (nSPS) is 14.0. The Labute approximate surface area is 196 Å². The summed E-state index contributed by atoms with van der Waals surface area (Å²) in [5.41, 5.74) is 11.2. The van der Waals surface area contributed by atoms with Gasteiger partial charge < -0.3 is 20.3 Å². The molecular formula is C28H33N3O2. The number of esters is 1. The maximum Gasteiger partial charge on any atom is 0.340 e. The van der Waals surface area contributed by atoms with Crippen LogP contribution in [0.3, 0.4) is 0 Å². The fraction of sp³-hybridized carbons (Fsp3) is 0.321. The van der Waals surface area contributed by atoms with Crippen LogP contribution < -0.4 is 15.5 Å². The second kappa shape index (κ2) is 9.18. The highest BCUT2D eigenvalue weighted by Gasteiger charge is 2.48. The lowest BCUT2D eigenvalue weighted by atomic mass is 9.79. The van der Waals surface area contributed by atoms with Gasteiger partial charge in [0.2, 0.25) is 0 Å². The number of rotatable bonds is 8. The van der Waals surface area contributed by atoms with Gasteiger partial charge in [-0.1, -0.05) is 24.3 Å². The smallest absolute Gasteiger partial charge is 0.340 e. The van der Waals surface area contributed by atoms with Gasteiger partial charge in [-0.15, -0.1) is 0 Å². The average molecular weight is 444 g/mol. The number of hydrogen-bond donors (Lipinski definition) is 1. The average Bonchev–Trinajstić information content (AvgIpc) is 3.14. The molecule has 1 aliphatic heterocycles. The summed E-state index contributed by atoms with van der Waals surface area (Å²) in [5.74, 6) is -0.328. The van der Waals surface area contributed by atoms with Crippen molar-refractivity contribution in [2.75, 3.05) is 41.7 Å². The molecule has 1 aliphatic rings. The number of nitrogens with two attached hydrogens (primary N) is 1. The highest BCUT2D eigenvalue weighted by atomic mass is 16.6. The van der Waals surface area contributed by atoms with E-state index in [1.54, 1.807) is 12.1 Å². The van der Waals surface area contributed by atoms with Gasteiger partial charge in [0.05, 0.1) is 5.56 Å². The van der Waals surface area contributed by atoms with E-state index in [0.29, 0.717) is 11.3 Å². The molecule has 0 fully saturated rings. The zero-order chi connectivity index (χ0) is 23.6. The molecule has 5 heteroatoms. The Morgan fingerprint density at radius 1 is 0.727 bits per heavy atom. The van der Waals surface area contributed by atoms with Gasteiger partial charge in [-0.25, -0.2) is 4.79 Å². The number of fused-ring (bicyclic) bond motifs is 1. The number of ether oxygens (including phenoxy) is 1. The molecule has 0 atom stereocenters. The minimum Gasteiger partial charge on any atom is -0.441 e. The van der Waals surface area contributed by atoms with E-state index in [2.05, 4.69) is 86.0 Å². The van der Waals surface area contributed by atoms with E-state index in [4.69, 9.17) is 10.5 Å². The van der Waals surface area contributed by atoms with Crippen molar-refractivity contribution in [3.05, 3.63) is 89.0 Å². The third kappa shape index (κ3) is 3.82. The molecule has 0 aromatic heterocycles. The summed E-state index contributed by atoms with van der Waals surface area (Å²) in [6.07, 6.45) is 0. The number of anilines is 3. The van der Waals surface area contributed by atoms with E-state index < -0.39 is 5.60 Å². The number of nitrogen functional groups attached to an aromatic ring is 1. The van der Waals surface area contributed by atoms with Crippen molar-refractivity contribution >= 4 is 23.0 Å². The maximum absolute atomic E-state index is 13.0. The monoisotopic (exact) mass is 443 g/mol. The summed E-state index contributed by atoms with van der Waals surface area (Å²) < 4.78 is 6.23. The summed E-state index contributed by atoms with van der Waals surface area (Å²) in [6.45, 7) is 12.3.